The Hall–Kier alpha value is -1.30. The van der Waals surface area contributed by atoms with E-state index in [1.54, 1.807) is 21.9 Å². The van der Waals surface area contributed by atoms with Crippen LogP contribution >= 0.6 is 23.2 Å². The van der Waals surface area contributed by atoms with E-state index in [4.69, 9.17) is 23.2 Å². The van der Waals surface area contributed by atoms with E-state index in [1.807, 2.05) is 0 Å². The zero-order valence-corrected chi connectivity index (χ0v) is 13.3. The van der Waals surface area contributed by atoms with Gasteiger partial charge in [0, 0.05) is 24.7 Å². The molecule has 0 spiro atoms. The molecule has 22 heavy (non-hydrogen) atoms. The summed E-state index contributed by atoms with van der Waals surface area (Å²) in [5.41, 5.74) is 0.317. The maximum absolute atomic E-state index is 12.7. The number of hydrogen-bond acceptors (Lipinski definition) is 3. The fraction of sp³-hybridized carbons (Fsp3) is 0.467. The van der Waals surface area contributed by atoms with E-state index < -0.39 is 12.1 Å². The molecule has 2 heterocycles. The summed E-state index contributed by atoms with van der Waals surface area (Å²) in [7, 11) is 0. The number of amides is 2. The second-order valence-corrected chi connectivity index (χ2v) is 6.52. The third kappa shape index (κ3) is 2.81. The largest absolute Gasteiger partial charge is 0.389 e. The third-order valence-corrected chi connectivity index (χ3v) is 4.70. The van der Waals surface area contributed by atoms with Gasteiger partial charge in [-0.25, -0.2) is 0 Å². The first-order valence-corrected chi connectivity index (χ1v) is 7.96. The number of aliphatic hydroxyl groups is 1. The van der Waals surface area contributed by atoms with Crippen molar-refractivity contribution >= 4 is 35.0 Å². The molecule has 0 radical (unpaired) electrons. The Labute approximate surface area is 138 Å². The van der Waals surface area contributed by atoms with Crippen molar-refractivity contribution in [3.05, 3.63) is 33.8 Å². The maximum Gasteiger partial charge on any atom is 0.256 e. The van der Waals surface area contributed by atoms with Crippen molar-refractivity contribution in [3.63, 3.8) is 0 Å². The van der Waals surface area contributed by atoms with Crippen LogP contribution in [0.15, 0.2) is 18.2 Å². The van der Waals surface area contributed by atoms with Crippen molar-refractivity contribution in [3.8, 4) is 0 Å². The minimum atomic E-state index is -0.477. The lowest BCUT2D eigenvalue weighted by Gasteiger charge is -2.39. The van der Waals surface area contributed by atoms with Crippen LogP contribution < -0.4 is 0 Å². The smallest absolute Gasteiger partial charge is 0.256 e. The molecular weight excluding hydrogens is 327 g/mol. The van der Waals surface area contributed by atoms with Gasteiger partial charge in [-0.3, -0.25) is 9.59 Å². The highest BCUT2D eigenvalue weighted by atomic mass is 35.5. The molecule has 1 aromatic carbocycles. The van der Waals surface area contributed by atoms with Gasteiger partial charge in [0.15, 0.2) is 0 Å². The Morgan fingerprint density at radius 1 is 1.23 bits per heavy atom. The Bertz CT molecular complexity index is 617. The molecule has 1 atom stereocenters. The van der Waals surface area contributed by atoms with Crippen molar-refractivity contribution in [1.29, 1.82) is 0 Å². The molecule has 2 saturated heterocycles. The van der Waals surface area contributed by atoms with E-state index in [0.29, 0.717) is 41.7 Å². The number of hydrogen-bond donors (Lipinski definition) is 1. The molecule has 1 unspecified atom stereocenters. The molecule has 2 aliphatic rings. The van der Waals surface area contributed by atoms with Crippen molar-refractivity contribution in [2.75, 3.05) is 19.6 Å². The van der Waals surface area contributed by atoms with Crippen LogP contribution in [0.5, 0.6) is 0 Å². The van der Waals surface area contributed by atoms with E-state index >= 15 is 0 Å². The summed E-state index contributed by atoms with van der Waals surface area (Å²) in [5.74, 6) is -0.376. The first-order chi connectivity index (χ1) is 10.5. The number of rotatable bonds is 2. The molecule has 0 saturated carbocycles. The summed E-state index contributed by atoms with van der Waals surface area (Å²) in [4.78, 5) is 28.3. The zero-order chi connectivity index (χ0) is 15.9. The van der Waals surface area contributed by atoms with Crippen LogP contribution in [0.2, 0.25) is 10.0 Å². The van der Waals surface area contributed by atoms with Gasteiger partial charge in [-0.15, -0.1) is 0 Å². The second-order valence-electron chi connectivity index (χ2n) is 5.68. The number of carbonyl (C=O) groups excluding carboxylic acids is 2. The lowest BCUT2D eigenvalue weighted by Crippen LogP contribution is -2.58. The number of carbonyl (C=O) groups is 2. The van der Waals surface area contributed by atoms with Gasteiger partial charge in [-0.1, -0.05) is 23.2 Å². The number of β-amino-alcohol motifs (C(OH)–C–C–N with tert-alkyl or cyclic N) is 1. The summed E-state index contributed by atoms with van der Waals surface area (Å²) < 4.78 is 0. The van der Waals surface area contributed by atoms with E-state index in [9.17, 15) is 14.7 Å². The molecular formula is C15H16Cl2N2O3. The van der Waals surface area contributed by atoms with Crippen molar-refractivity contribution < 1.29 is 14.7 Å². The molecule has 2 aliphatic heterocycles. The van der Waals surface area contributed by atoms with Gasteiger partial charge in [0.1, 0.15) is 6.04 Å². The van der Waals surface area contributed by atoms with Gasteiger partial charge in [0.25, 0.3) is 5.91 Å². The number of nitrogens with zero attached hydrogens (tertiary/aromatic N) is 2. The summed E-state index contributed by atoms with van der Waals surface area (Å²) in [5, 5.41) is 10.1. The normalized spacial score (nSPS) is 21.9. The molecule has 2 amide bonds. The predicted octanol–water partition coefficient (Wildman–Crippen LogP) is 1.80. The highest BCUT2D eigenvalue weighted by molar-refractivity contribution is 6.35. The van der Waals surface area contributed by atoms with Gasteiger partial charge < -0.3 is 14.9 Å². The summed E-state index contributed by atoms with van der Waals surface area (Å²) in [6.45, 7) is 1.21. The maximum atomic E-state index is 12.7. The molecule has 2 fully saturated rings. The predicted molar refractivity (Wildman–Crippen MR) is 83.1 cm³/mol. The Kier molecular flexibility index (Phi) is 4.30. The summed E-state index contributed by atoms with van der Waals surface area (Å²) >= 11 is 12.0. The van der Waals surface area contributed by atoms with Crippen molar-refractivity contribution in [2.24, 2.45) is 0 Å². The minimum Gasteiger partial charge on any atom is -0.389 e. The van der Waals surface area contributed by atoms with Crippen LogP contribution in [0.25, 0.3) is 0 Å². The summed E-state index contributed by atoms with van der Waals surface area (Å²) in [6.07, 6.45) is 0.961. The van der Waals surface area contributed by atoms with Crippen molar-refractivity contribution in [1.82, 2.24) is 9.80 Å². The number of likely N-dealkylation sites (tertiary alicyclic amines) is 2. The first kappa shape index (κ1) is 15.6. The summed E-state index contributed by atoms with van der Waals surface area (Å²) in [6, 6.07) is 4.25. The highest BCUT2D eigenvalue weighted by Gasteiger charge is 2.40. The highest BCUT2D eigenvalue weighted by Crippen LogP contribution is 2.27. The van der Waals surface area contributed by atoms with E-state index in [0.717, 1.165) is 6.42 Å². The standard InChI is InChI=1S/C15H16Cl2N2O3/c16-9-3-4-12(17)11(6-9)14(21)19-5-1-2-13(19)15(22)18-7-10(20)8-18/h3-4,6,10,13,20H,1-2,5,7-8H2. The Balaban J connectivity index is 1.79. The van der Waals surface area contributed by atoms with Crippen molar-refractivity contribution in [2.45, 2.75) is 25.0 Å². The van der Waals surface area contributed by atoms with Gasteiger partial charge >= 0.3 is 0 Å². The van der Waals surface area contributed by atoms with Crippen LogP contribution in [-0.2, 0) is 4.79 Å². The van der Waals surface area contributed by atoms with Crippen LogP contribution in [0.1, 0.15) is 23.2 Å². The van der Waals surface area contributed by atoms with E-state index in [-0.39, 0.29) is 11.8 Å². The van der Waals surface area contributed by atoms with Gasteiger partial charge in [-0.2, -0.15) is 0 Å². The fourth-order valence-electron chi connectivity index (χ4n) is 2.93. The van der Waals surface area contributed by atoms with Crippen LogP contribution in [0.4, 0.5) is 0 Å². The molecule has 0 aromatic heterocycles. The Morgan fingerprint density at radius 3 is 2.64 bits per heavy atom. The van der Waals surface area contributed by atoms with Crippen LogP contribution in [0.3, 0.4) is 0 Å². The average molecular weight is 343 g/mol. The number of benzene rings is 1. The SMILES string of the molecule is O=C(C1CCCN1C(=O)c1cc(Cl)ccc1Cl)N1CC(O)C1. The molecule has 1 N–H and O–H groups in total. The monoisotopic (exact) mass is 342 g/mol. The lowest BCUT2D eigenvalue weighted by molar-refractivity contribution is -0.145. The minimum absolute atomic E-state index is 0.102. The fourth-order valence-corrected chi connectivity index (χ4v) is 3.30. The topological polar surface area (TPSA) is 60.9 Å². The van der Waals surface area contributed by atoms with Gasteiger partial charge in [0.2, 0.25) is 5.91 Å². The van der Waals surface area contributed by atoms with E-state index in [2.05, 4.69) is 0 Å². The zero-order valence-electron chi connectivity index (χ0n) is 11.8. The molecule has 0 aliphatic carbocycles. The average Bonchev–Trinajstić information content (AvgIpc) is 2.94. The van der Waals surface area contributed by atoms with Crippen LogP contribution in [0, 0.1) is 0 Å². The Morgan fingerprint density at radius 2 is 1.95 bits per heavy atom. The van der Waals surface area contributed by atoms with Gasteiger partial charge in [-0.05, 0) is 31.0 Å². The lowest BCUT2D eigenvalue weighted by atomic mass is 10.1. The van der Waals surface area contributed by atoms with Crippen LogP contribution in [-0.4, -0.2) is 58.5 Å². The van der Waals surface area contributed by atoms with E-state index in [1.165, 1.54) is 6.07 Å². The molecule has 7 heteroatoms. The molecule has 1 aromatic rings. The molecule has 0 bridgehead atoms. The second kappa shape index (κ2) is 6.07. The number of halogens is 2. The molecule has 3 rings (SSSR count). The number of aliphatic hydroxyl groups excluding tert-OH is 1. The molecule has 118 valence electrons. The van der Waals surface area contributed by atoms with Gasteiger partial charge in [0.05, 0.1) is 16.7 Å². The quantitative estimate of drug-likeness (QED) is 0.891. The first-order valence-electron chi connectivity index (χ1n) is 7.20. The molecule has 5 nitrogen and oxygen atoms in total. The third-order valence-electron chi connectivity index (χ3n) is 4.13.